The molecule has 1 aliphatic heterocycles. The number of hydrogen-bond acceptors (Lipinski definition) is 5. The lowest BCUT2D eigenvalue weighted by atomic mass is 9.86. The van der Waals surface area contributed by atoms with Gasteiger partial charge in [-0.3, -0.25) is 4.79 Å². The maximum absolute atomic E-state index is 12.6. The summed E-state index contributed by atoms with van der Waals surface area (Å²) in [6, 6.07) is 6.09. The summed E-state index contributed by atoms with van der Waals surface area (Å²) >= 11 is 1.71. The molecule has 6 heteroatoms. The lowest BCUT2D eigenvalue weighted by Gasteiger charge is -2.35. The van der Waals surface area contributed by atoms with Crippen molar-refractivity contribution in [1.29, 1.82) is 0 Å². The van der Waals surface area contributed by atoms with E-state index in [4.69, 9.17) is 9.72 Å². The molecule has 4 rings (SSSR count). The molecule has 2 aromatic rings. The van der Waals surface area contributed by atoms with Crippen LogP contribution in [0.25, 0.3) is 10.2 Å². The highest BCUT2D eigenvalue weighted by Crippen LogP contribution is 2.32. The Balaban J connectivity index is 1.34. The number of nitrogens with zero attached hydrogens (tertiary/aromatic N) is 3. The first-order chi connectivity index (χ1) is 13.2. The van der Waals surface area contributed by atoms with Gasteiger partial charge in [0.1, 0.15) is 5.75 Å². The number of ether oxygens (including phenoxy) is 1. The van der Waals surface area contributed by atoms with E-state index in [0.717, 1.165) is 53.7 Å². The zero-order chi connectivity index (χ0) is 18.6. The Morgan fingerprint density at radius 2 is 1.96 bits per heavy atom. The minimum atomic E-state index is 0.354. The molecule has 2 aliphatic rings. The van der Waals surface area contributed by atoms with Crippen LogP contribution in [0.1, 0.15) is 45.4 Å². The summed E-state index contributed by atoms with van der Waals surface area (Å²) in [5.74, 6) is 1.87. The van der Waals surface area contributed by atoms with Gasteiger partial charge in [0.25, 0.3) is 0 Å². The number of thiazole rings is 1. The van der Waals surface area contributed by atoms with Gasteiger partial charge in [0.2, 0.25) is 5.91 Å². The number of aromatic nitrogens is 1. The van der Waals surface area contributed by atoms with Gasteiger partial charge in [0.15, 0.2) is 5.13 Å². The number of piperazine rings is 1. The number of carbonyl (C=O) groups excluding carboxylic acids is 1. The van der Waals surface area contributed by atoms with Crippen LogP contribution in [-0.2, 0) is 4.79 Å². The Labute approximate surface area is 165 Å². The maximum Gasteiger partial charge on any atom is 0.222 e. The first-order valence-corrected chi connectivity index (χ1v) is 11.1. The van der Waals surface area contributed by atoms with Gasteiger partial charge in [-0.15, -0.1) is 0 Å². The number of hydrogen-bond donors (Lipinski definition) is 0. The van der Waals surface area contributed by atoms with Gasteiger partial charge < -0.3 is 14.5 Å². The number of rotatable bonds is 5. The van der Waals surface area contributed by atoms with E-state index < -0.39 is 0 Å². The highest BCUT2D eigenvalue weighted by Gasteiger charge is 2.25. The summed E-state index contributed by atoms with van der Waals surface area (Å²) in [6.07, 6.45) is 7.17. The van der Waals surface area contributed by atoms with E-state index in [2.05, 4.69) is 15.9 Å². The molecule has 1 amide bonds. The normalized spacial score (nSPS) is 18.9. The number of carbonyl (C=O) groups is 1. The summed E-state index contributed by atoms with van der Waals surface area (Å²) in [5, 5.41) is 1.05. The van der Waals surface area contributed by atoms with Crippen LogP contribution < -0.4 is 9.64 Å². The van der Waals surface area contributed by atoms with Crippen molar-refractivity contribution in [2.45, 2.75) is 45.4 Å². The topological polar surface area (TPSA) is 45.7 Å². The van der Waals surface area contributed by atoms with Crippen LogP contribution in [0, 0.1) is 5.92 Å². The molecule has 5 nitrogen and oxygen atoms in total. The molecule has 2 fully saturated rings. The fourth-order valence-electron chi connectivity index (χ4n) is 4.20. The molecule has 2 heterocycles. The largest absolute Gasteiger partial charge is 0.494 e. The standard InChI is InChI=1S/C21H29N3O2S/c1-2-26-17-8-9-18-19(15-17)27-21(22-18)24-12-10-23(11-13-24)20(25)14-16-6-4-3-5-7-16/h8-9,15-16H,2-7,10-14H2,1H3. The average Bonchev–Trinajstić information content (AvgIpc) is 3.12. The fourth-order valence-corrected chi connectivity index (χ4v) is 5.24. The Morgan fingerprint density at radius 1 is 1.19 bits per heavy atom. The minimum Gasteiger partial charge on any atom is -0.494 e. The molecule has 0 atom stereocenters. The molecule has 1 aromatic heterocycles. The van der Waals surface area contributed by atoms with Crippen LogP contribution in [-0.4, -0.2) is 48.6 Å². The molecule has 0 radical (unpaired) electrons. The van der Waals surface area contributed by atoms with E-state index in [1.54, 1.807) is 11.3 Å². The lowest BCUT2D eigenvalue weighted by Crippen LogP contribution is -2.49. The van der Waals surface area contributed by atoms with Gasteiger partial charge in [-0.25, -0.2) is 4.98 Å². The third-order valence-electron chi connectivity index (χ3n) is 5.75. The monoisotopic (exact) mass is 387 g/mol. The summed E-state index contributed by atoms with van der Waals surface area (Å²) in [6.45, 7) is 6.03. The molecule has 1 aliphatic carbocycles. The van der Waals surface area contributed by atoms with Crippen molar-refractivity contribution < 1.29 is 9.53 Å². The second-order valence-corrected chi connectivity index (χ2v) is 8.64. The van der Waals surface area contributed by atoms with Gasteiger partial charge in [0.05, 0.1) is 16.8 Å². The molecule has 1 saturated heterocycles. The van der Waals surface area contributed by atoms with Crippen molar-refractivity contribution in [3.63, 3.8) is 0 Å². The Bertz CT molecular complexity index is 777. The van der Waals surface area contributed by atoms with Crippen LogP contribution in [0.3, 0.4) is 0 Å². The smallest absolute Gasteiger partial charge is 0.222 e. The number of benzene rings is 1. The van der Waals surface area contributed by atoms with Crippen molar-refractivity contribution in [2.24, 2.45) is 5.92 Å². The highest BCUT2D eigenvalue weighted by molar-refractivity contribution is 7.22. The Morgan fingerprint density at radius 3 is 2.70 bits per heavy atom. The first-order valence-electron chi connectivity index (χ1n) is 10.3. The summed E-state index contributed by atoms with van der Waals surface area (Å²) < 4.78 is 6.75. The van der Waals surface area contributed by atoms with Gasteiger partial charge >= 0.3 is 0 Å². The lowest BCUT2D eigenvalue weighted by molar-refractivity contribution is -0.132. The molecule has 0 unspecified atom stereocenters. The summed E-state index contributed by atoms with van der Waals surface area (Å²) in [4.78, 5) is 21.8. The molecular weight excluding hydrogens is 358 g/mol. The van der Waals surface area contributed by atoms with Crippen LogP contribution in [0.15, 0.2) is 18.2 Å². The predicted molar refractivity (Wildman–Crippen MR) is 111 cm³/mol. The quantitative estimate of drug-likeness (QED) is 0.767. The van der Waals surface area contributed by atoms with Crippen molar-refractivity contribution in [2.75, 3.05) is 37.7 Å². The van der Waals surface area contributed by atoms with Crippen molar-refractivity contribution >= 4 is 32.6 Å². The zero-order valence-electron chi connectivity index (χ0n) is 16.2. The van der Waals surface area contributed by atoms with Crippen LogP contribution >= 0.6 is 11.3 Å². The van der Waals surface area contributed by atoms with E-state index in [1.165, 1.54) is 32.1 Å². The van der Waals surface area contributed by atoms with Crippen LogP contribution in [0.4, 0.5) is 5.13 Å². The third-order valence-corrected chi connectivity index (χ3v) is 6.83. The number of amides is 1. The molecule has 1 aromatic carbocycles. The first kappa shape index (κ1) is 18.5. The van der Waals surface area contributed by atoms with E-state index in [1.807, 2.05) is 19.1 Å². The minimum absolute atomic E-state index is 0.354. The second kappa shape index (κ2) is 8.46. The maximum atomic E-state index is 12.6. The number of fused-ring (bicyclic) bond motifs is 1. The molecule has 0 bridgehead atoms. The molecule has 0 spiro atoms. The molecule has 1 saturated carbocycles. The van der Waals surface area contributed by atoms with E-state index in [9.17, 15) is 4.79 Å². The number of anilines is 1. The summed E-state index contributed by atoms with van der Waals surface area (Å²) in [5.41, 5.74) is 1.02. The van der Waals surface area contributed by atoms with Gasteiger partial charge in [-0.1, -0.05) is 30.6 Å². The van der Waals surface area contributed by atoms with Crippen LogP contribution in [0.2, 0.25) is 0 Å². The Hall–Kier alpha value is -1.82. The van der Waals surface area contributed by atoms with E-state index in [-0.39, 0.29) is 0 Å². The third kappa shape index (κ3) is 4.37. The average molecular weight is 388 g/mol. The Kier molecular flexibility index (Phi) is 5.81. The second-order valence-electron chi connectivity index (χ2n) is 7.63. The molecule has 146 valence electrons. The molecule has 0 N–H and O–H groups in total. The van der Waals surface area contributed by atoms with Gasteiger partial charge in [0, 0.05) is 32.6 Å². The van der Waals surface area contributed by atoms with Crippen molar-refractivity contribution in [3.8, 4) is 5.75 Å². The summed E-state index contributed by atoms with van der Waals surface area (Å²) in [7, 11) is 0. The highest BCUT2D eigenvalue weighted by atomic mass is 32.1. The predicted octanol–water partition coefficient (Wildman–Crippen LogP) is 4.31. The zero-order valence-corrected chi connectivity index (χ0v) is 17.0. The van der Waals surface area contributed by atoms with Crippen molar-refractivity contribution in [3.05, 3.63) is 18.2 Å². The fraction of sp³-hybridized carbons (Fsp3) is 0.619. The molecule has 27 heavy (non-hydrogen) atoms. The van der Waals surface area contributed by atoms with Crippen molar-refractivity contribution in [1.82, 2.24) is 9.88 Å². The van der Waals surface area contributed by atoms with Gasteiger partial charge in [-0.05, 0) is 43.9 Å². The molecular formula is C21H29N3O2S. The SMILES string of the molecule is CCOc1ccc2nc(N3CCN(C(=O)CC4CCCCC4)CC3)sc2c1. The van der Waals surface area contributed by atoms with Gasteiger partial charge in [-0.2, -0.15) is 0 Å². The van der Waals surface area contributed by atoms with E-state index >= 15 is 0 Å². The van der Waals surface area contributed by atoms with Crippen LogP contribution in [0.5, 0.6) is 5.75 Å². The van der Waals surface area contributed by atoms with E-state index in [0.29, 0.717) is 18.4 Å².